The standard InChI is InChI=1S/C18H15Cl2NO2/c1-11-3-2-4-12(7-11)8-13-9-17(22)21(18(13)23)14-5-6-15(19)16(20)10-14/h2-7,10,13H,8-9H2,1H3/t13-/m1/s1. The largest absolute Gasteiger partial charge is 0.274 e. The van der Waals surface area contributed by atoms with Crippen molar-refractivity contribution in [3.63, 3.8) is 0 Å². The lowest BCUT2D eigenvalue weighted by Gasteiger charge is -2.16. The highest BCUT2D eigenvalue weighted by molar-refractivity contribution is 6.42. The Bertz CT molecular complexity index is 788. The van der Waals surface area contributed by atoms with Crippen molar-refractivity contribution in [1.29, 1.82) is 0 Å². The highest BCUT2D eigenvalue weighted by Crippen LogP contribution is 2.32. The van der Waals surface area contributed by atoms with E-state index in [1.165, 1.54) is 4.90 Å². The lowest BCUT2D eigenvalue weighted by atomic mass is 9.97. The summed E-state index contributed by atoms with van der Waals surface area (Å²) in [4.78, 5) is 26.1. The molecule has 0 spiro atoms. The third kappa shape index (κ3) is 3.26. The topological polar surface area (TPSA) is 37.4 Å². The highest BCUT2D eigenvalue weighted by atomic mass is 35.5. The molecule has 3 nitrogen and oxygen atoms in total. The summed E-state index contributed by atoms with van der Waals surface area (Å²) in [6.45, 7) is 2.01. The predicted molar refractivity (Wildman–Crippen MR) is 91.9 cm³/mol. The monoisotopic (exact) mass is 347 g/mol. The average Bonchev–Trinajstić information content (AvgIpc) is 2.77. The van der Waals surface area contributed by atoms with Crippen molar-refractivity contribution in [1.82, 2.24) is 0 Å². The fourth-order valence-electron chi connectivity index (χ4n) is 2.87. The average molecular weight is 348 g/mol. The molecule has 5 heteroatoms. The quantitative estimate of drug-likeness (QED) is 0.770. The zero-order chi connectivity index (χ0) is 16.6. The van der Waals surface area contributed by atoms with Gasteiger partial charge in [-0.15, -0.1) is 0 Å². The molecular weight excluding hydrogens is 333 g/mol. The van der Waals surface area contributed by atoms with E-state index in [2.05, 4.69) is 0 Å². The van der Waals surface area contributed by atoms with E-state index in [4.69, 9.17) is 23.2 Å². The number of amides is 2. The van der Waals surface area contributed by atoms with Crippen molar-refractivity contribution >= 4 is 40.7 Å². The van der Waals surface area contributed by atoms with Crippen molar-refractivity contribution < 1.29 is 9.59 Å². The first kappa shape index (κ1) is 16.0. The van der Waals surface area contributed by atoms with Crippen LogP contribution in [0.5, 0.6) is 0 Å². The number of anilines is 1. The molecule has 0 bridgehead atoms. The molecule has 1 fully saturated rings. The van der Waals surface area contributed by atoms with Gasteiger partial charge in [-0.1, -0.05) is 53.0 Å². The van der Waals surface area contributed by atoms with Gasteiger partial charge in [-0.2, -0.15) is 0 Å². The number of carbonyl (C=O) groups excluding carboxylic acids is 2. The van der Waals surface area contributed by atoms with Gasteiger partial charge in [0.15, 0.2) is 0 Å². The second-order valence-electron chi connectivity index (χ2n) is 5.76. The van der Waals surface area contributed by atoms with Gasteiger partial charge in [0, 0.05) is 6.42 Å². The van der Waals surface area contributed by atoms with E-state index in [9.17, 15) is 9.59 Å². The van der Waals surface area contributed by atoms with Gasteiger partial charge in [0.2, 0.25) is 11.8 Å². The maximum Gasteiger partial charge on any atom is 0.237 e. The first-order valence-electron chi connectivity index (χ1n) is 7.33. The molecule has 1 heterocycles. The molecule has 1 aliphatic rings. The third-order valence-corrected chi connectivity index (χ3v) is 4.71. The van der Waals surface area contributed by atoms with Crippen molar-refractivity contribution in [3.8, 4) is 0 Å². The normalized spacial score (nSPS) is 17.9. The van der Waals surface area contributed by atoms with Crippen molar-refractivity contribution in [2.75, 3.05) is 4.90 Å². The zero-order valence-corrected chi connectivity index (χ0v) is 14.1. The first-order chi connectivity index (χ1) is 11.0. The van der Waals surface area contributed by atoms with Gasteiger partial charge in [0.1, 0.15) is 0 Å². The summed E-state index contributed by atoms with van der Waals surface area (Å²) >= 11 is 11.9. The molecule has 2 amide bonds. The number of hydrogen-bond acceptors (Lipinski definition) is 2. The van der Waals surface area contributed by atoms with E-state index in [-0.39, 0.29) is 24.2 Å². The van der Waals surface area contributed by atoms with Gasteiger partial charge in [0.05, 0.1) is 21.7 Å². The van der Waals surface area contributed by atoms with Gasteiger partial charge < -0.3 is 0 Å². The number of rotatable bonds is 3. The number of nitrogens with zero attached hydrogens (tertiary/aromatic N) is 1. The van der Waals surface area contributed by atoms with E-state index in [1.807, 2.05) is 31.2 Å². The molecule has 2 aromatic rings. The Balaban J connectivity index is 1.83. The minimum atomic E-state index is -0.334. The van der Waals surface area contributed by atoms with Crippen LogP contribution in [-0.2, 0) is 16.0 Å². The molecule has 3 rings (SSSR count). The zero-order valence-electron chi connectivity index (χ0n) is 12.6. The summed E-state index contributed by atoms with van der Waals surface area (Å²) in [5.74, 6) is -0.723. The Kier molecular flexibility index (Phi) is 4.42. The Labute approximate surface area is 144 Å². The number of imide groups is 1. The van der Waals surface area contributed by atoms with Crippen LogP contribution in [-0.4, -0.2) is 11.8 Å². The van der Waals surface area contributed by atoms with Crippen molar-refractivity contribution in [2.24, 2.45) is 5.92 Å². The fraction of sp³-hybridized carbons (Fsp3) is 0.222. The van der Waals surface area contributed by atoms with E-state index in [0.717, 1.165) is 11.1 Å². The Hall–Kier alpha value is -1.84. The fourth-order valence-corrected chi connectivity index (χ4v) is 3.17. The van der Waals surface area contributed by atoms with Crippen LogP contribution in [0.15, 0.2) is 42.5 Å². The van der Waals surface area contributed by atoms with Crippen LogP contribution in [0.3, 0.4) is 0 Å². The van der Waals surface area contributed by atoms with Crippen LogP contribution in [0.25, 0.3) is 0 Å². The molecule has 0 saturated carbocycles. The molecule has 0 radical (unpaired) electrons. The number of aryl methyl sites for hydroxylation is 1. The van der Waals surface area contributed by atoms with Gasteiger partial charge in [0.25, 0.3) is 0 Å². The van der Waals surface area contributed by atoms with Crippen LogP contribution in [0, 0.1) is 12.8 Å². The number of halogens is 2. The Morgan fingerprint density at radius 1 is 1.09 bits per heavy atom. The molecule has 0 aliphatic carbocycles. The number of carbonyl (C=O) groups is 2. The lowest BCUT2D eigenvalue weighted by Crippen LogP contribution is -2.30. The summed E-state index contributed by atoms with van der Waals surface area (Å²) in [6.07, 6.45) is 0.775. The van der Waals surface area contributed by atoms with Crippen LogP contribution >= 0.6 is 23.2 Å². The second-order valence-corrected chi connectivity index (χ2v) is 6.57. The van der Waals surface area contributed by atoms with E-state index >= 15 is 0 Å². The molecule has 23 heavy (non-hydrogen) atoms. The van der Waals surface area contributed by atoms with Crippen LogP contribution in [0.2, 0.25) is 10.0 Å². The molecule has 1 aliphatic heterocycles. The Morgan fingerprint density at radius 2 is 1.87 bits per heavy atom. The number of hydrogen-bond donors (Lipinski definition) is 0. The lowest BCUT2D eigenvalue weighted by molar-refractivity contribution is -0.122. The van der Waals surface area contributed by atoms with Crippen molar-refractivity contribution in [3.05, 3.63) is 63.6 Å². The maximum absolute atomic E-state index is 12.6. The van der Waals surface area contributed by atoms with Gasteiger partial charge in [-0.25, -0.2) is 0 Å². The molecule has 1 atom stereocenters. The summed E-state index contributed by atoms with van der Waals surface area (Å²) in [7, 11) is 0. The molecular formula is C18H15Cl2NO2. The molecule has 1 saturated heterocycles. The minimum absolute atomic E-state index is 0.185. The van der Waals surface area contributed by atoms with Crippen LogP contribution in [0.4, 0.5) is 5.69 Å². The van der Waals surface area contributed by atoms with E-state index < -0.39 is 0 Å². The molecule has 0 unspecified atom stereocenters. The predicted octanol–water partition coefficient (Wildman–Crippen LogP) is 4.42. The Morgan fingerprint density at radius 3 is 2.57 bits per heavy atom. The smallest absolute Gasteiger partial charge is 0.237 e. The van der Waals surface area contributed by atoms with Gasteiger partial charge >= 0.3 is 0 Å². The maximum atomic E-state index is 12.6. The molecule has 0 N–H and O–H groups in total. The first-order valence-corrected chi connectivity index (χ1v) is 8.08. The molecule has 2 aromatic carbocycles. The van der Waals surface area contributed by atoms with Crippen molar-refractivity contribution in [2.45, 2.75) is 19.8 Å². The van der Waals surface area contributed by atoms with E-state index in [0.29, 0.717) is 22.2 Å². The molecule has 0 aromatic heterocycles. The minimum Gasteiger partial charge on any atom is -0.274 e. The summed E-state index contributed by atoms with van der Waals surface area (Å²) in [5, 5.41) is 0.720. The van der Waals surface area contributed by atoms with Crippen LogP contribution in [0.1, 0.15) is 17.5 Å². The summed E-state index contributed by atoms with van der Waals surface area (Å²) < 4.78 is 0. The van der Waals surface area contributed by atoms with Crippen LogP contribution < -0.4 is 4.90 Å². The van der Waals surface area contributed by atoms with Gasteiger partial charge in [-0.05, 0) is 37.1 Å². The molecule has 118 valence electrons. The highest BCUT2D eigenvalue weighted by Gasteiger charge is 2.39. The SMILES string of the molecule is Cc1cccc(C[C@@H]2CC(=O)N(c3ccc(Cl)c(Cl)c3)C2=O)c1. The number of benzene rings is 2. The summed E-state index contributed by atoms with van der Waals surface area (Å²) in [5.41, 5.74) is 2.67. The summed E-state index contributed by atoms with van der Waals surface area (Å²) in [6, 6.07) is 12.8. The third-order valence-electron chi connectivity index (χ3n) is 3.97. The van der Waals surface area contributed by atoms with E-state index in [1.54, 1.807) is 18.2 Å². The second kappa shape index (κ2) is 6.34. The van der Waals surface area contributed by atoms with Gasteiger partial charge in [-0.3, -0.25) is 14.5 Å².